The molecular formula is C13H13BrN4O3. The van der Waals surface area contributed by atoms with Crippen molar-refractivity contribution < 1.29 is 9.66 Å². The van der Waals surface area contributed by atoms with Crippen molar-refractivity contribution >= 4 is 27.6 Å². The summed E-state index contributed by atoms with van der Waals surface area (Å²) >= 11 is 3.37. The molecule has 0 radical (unpaired) electrons. The molecule has 1 aromatic carbocycles. The standard InChI is InChI=1S/C13H13BrN4O3/c1-7-4-5-10(9(14)6-7)21-12-11(18(19)20)8(2)16-13(15-3)17-12/h4-6H,1-3H3,(H,15,16,17). The third-order valence-electron chi connectivity index (χ3n) is 2.73. The van der Waals surface area contributed by atoms with Crippen LogP contribution in [0.4, 0.5) is 11.6 Å². The molecule has 0 fully saturated rings. The van der Waals surface area contributed by atoms with E-state index in [9.17, 15) is 10.1 Å². The number of aromatic nitrogens is 2. The van der Waals surface area contributed by atoms with Crippen LogP contribution in [0, 0.1) is 24.0 Å². The van der Waals surface area contributed by atoms with Gasteiger partial charge < -0.3 is 10.1 Å². The molecule has 2 aromatic rings. The van der Waals surface area contributed by atoms with Gasteiger partial charge in [0.25, 0.3) is 0 Å². The fourth-order valence-electron chi connectivity index (χ4n) is 1.73. The van der Waals surface area contributed by atoms with Crippen LogP contribution in [0.5, 0.6) is 11.6 Å². The van der Waals surface area contributed by atoms with Gasteiger partial charge in [0.2, 0.25) is 5.95 Å². The number of rotatable bonds is 4. The molecular weight excluding hydrogens is 340 g/mol. The van der Waals surface area contributed by atoms with Crippen LogP contribution in [-0.4, -0.2) is 21.9 Å². The maximum absolute atomic E-state index is 11.2. The van der Waals surface area contributed by atoms with Gasteiger partial charge in [0.1, 0.15) is 11.4 Å². The number of nitro groups is 1. The molecule has 0 aliphatic carbocycles. The third-order valence-corrected chi connectivity index (χ3v) is 3.35. The summed E-state index contributed by atoms with van der Waals surface area (Å²) in [6, 6.07) is 5.42. The normalized spacial score (nSPS) is 10.3. The Morgan fingerprint density at radius 1 is 1.33 bits per heavy atom. The fraction of sp³-hybridized carbons (Fsp3) is 0.231. The van der Waals surface area contributed by atoms with Crippen LogP contribution in [0.3, 0.4) is 0 Å². The van der Waals surface area contributed by atoms with Crippen molar-refractivity contribution in [3.8, 4) is 11.6 Å². The lowest BCUT2D eigenvalue weighted by Gasteiger charge is -2.10. The van der Waals surface area contributed by atoms with Gasteiger partial charge in [-0.25, -0.2) is 4.98 Å². The highest BCUT2D eigenvalue weighted by atomic mass is 79.9. The highest BCUT2D eigenvalue weighted by molar-refractivity contribution is 9.10. The number of anilines is 1. The summed E-state index contributed by atoms with van der Waals surface area (Å²) in [6.45, 7) is 3.47. The molecule has 2 rings (SSSR count). The second-order valence-electron chi connectivity index (χ2n) is 4.33. The Morgan fingerprint density at radius 3 is 2.62 bits per heavy atom. The first kappa shape index (κ1) is 15.2. The first-order chi connectivity index (χ1) is 9.92. The van der Waals surface area contributed by atoms with Crippen molar-refractivity contribution in [1.82, 2.24) is 9.97 Å². The number of hydrogen-bond acceptors (Lipinski definition) is 6. The quantitative estimate of drug-likeness (QED) is 0.667. The summed E-state index contributed by atoms with van der Waals surface area (Å²) in [4.78, 5) is 18.7. The number of nitrogens with zero attached hydrogens (tertiary/aromatic N) is 3. The summed E-state index contributed by atoms with van der Waals surface area (Å²) < 4.78 is 6.29. The zero-order valence-corrected chi connectivity index (χ0v) is 13.3. The maximum atomic E-state index is 11.2. The molecule has 0 aliphatic heterocycles. The molecule has 0 spiro atoms. The average Bonchev–Trinajstić information content (AvgIpc) is 2.40. The van der Waals surface area contributed by atoms with Gasteiger partial charge in [0.05, 0.1) is 9.40 Å². The Bertz CT molecular complexity index is 706. The van der Waals surface area contributed by atoms with Crippen LogP contribution in [0.1, 0.15) is 11.3 Å². The first-order valence-corrected chi connectivity index (χ1v) is 6.86. The number of benzene rings is 1. The van der Waals surface area contributed by atoms with Gasteiger partial charge in [-0.05, 0) is 47.5 Å². The zero-order valence-electron chi connectivity index (χ0n) is 11.7. The van der Waals surface area contributed by atoms with Gasteiger partial charge in [-0.15, -0.1) is 0 Å². The molecule has 0 atom stereocenters. The summed E-state index contributed by atoms with van der Waals surface area (Å²) in [5.74, 6) is 0.613. The molecule has 21 heavy (non-hydrogen) atoms. The van der Waals surface area contributed by atoms with Crippen molar-refractivity contribution in [3.63, 3.8) is 0 Å². The van der Waals surface area contributed by atoms with E-state index in [0.717, 1.165) is 5.56 Å². The van der Waals surface area contributed by atoms with Crippen LogP contribution in [-0.2, 0) is 0 Å². The van der Waals surface area contributed by atoms with Crippen LogP contribution < -0.4 is 10.1 Å². The highest BCUT2D eigenvalue weighted by Gasteiger charge is 2.24. The van der Waals surface area contributed by atoms with Gasteiger partial charge in [-0.1, -0.05) is 6.07 Å². The van der Waals surface area contributed by atoms with Gasteiger partial charge in [0, 0.05) is 7.05 Å². The number of aryl methyl sites for hydroxylation is 2. The van der Waals surface area contributed by atoms with E-state index in [4.69, 9.17) is 4.74 Å². The molecule has 110 valence electrons. The maximum Gasteiger partial charge on any atom is 0.352 e. The minimum atomic E-state index is -0.549. The molecule has 0 unspecified atom stereocenters. The predicted octanol–water partition coefficient (Wildman–Crippen LogP) is 3.60. The zero-order chi connectivity index (χ0) is 15.6. The van der Waals surface area contributed by atoms with Crippen LogP contribution in [0.2, 0.25) is 0 Å². The van der Waals surface area contributed by atoms with E-state index in [1.54, 1.807) is 13.1 Å². The van der Waals surface area contributed by atoms with Gasteiger partial charge in [-0.3, -0.25) is 10.1 Å². The predicted molar refractivity (Wildman–Crippen MR) is 81.9 cm³/mol. The Balaban J connectivity index is 2.51. The van der Waals surface area contributed by atoms with Crippen molar-refractivity contribution in [2.24, 2.45) is 0 Å². The Hall–Kier alpha value is -2.22. The number of nitrogens with one attached hydrogen (secondary N) is 1. The Morgan fingerprint density at radius 2 is 2.05 bits per heavy atom. The van der Waals surface area contributed by atoms with Gasteiger partial charge in [-0.2, -0.15) is 4.98 Å². The first-order valence-electron chi connectivity index (χ1n) is 6.07. The molecule has 0 bridgehead atoms. The second kappa shape index (κ2) is 6.04. The molecule has 8 heteroatoms. The van der Waals surface area contributed by atoms with Crippen molar-refractivity contribution in [3.05, 3.63) is 44.0 Å². The lowest BCUT2D eigenvalue weighted by molar-refractivity contribution is -0.386. The van der Waals surface area contributed by atoms with Crippen LogP contribution >= 0.6 is 15.9 Å². The lowest BCUT2D eigenvalue weighted by atomic mass is 10.2. The summed E-state index contributed by atoms with van der Waals surface area (Å²) in [5, 5.41) is 13.9. The van der Waals surface area contributed by atoms with Crippen LogP contribution in [0.15, 0.2) is 22.7 Å². The van der Waals surface area contributed by atoms with E-state index in [1.807, 2.05) is 19.1 Å². The molecule has 0 saturated carbocycles. The van der Waals surface area contributed by atoms with Crippen molar-refractivity contribution in [2.45, 2.75) is 13.8 Å². The number of halogens is 1. The molecule has 1 N–H and O–H groups in total. The van der Waals surface area contributed by atoms with E-state index in [0.29, 0.717) is 10.2 Å². The van der Waals surface area contributed by atoms with Gasteiger partial charge in [0.15, 0.2) is 0 Å². The van der Waals surface area contributed by atoms with E-state index in [-0.39, 0.29) is 23.2 Å². The van der Waals surface area contributed by atoms with Crippen molar-refractivity contribution in [2.75, 3.05) is 12.4 Å². The fourth-order valence-corrected chi connectivity index (χ4v) is 2.30. The minimum absolute atomic E-state index is 0.0959. The molecule has 0 saturated heterocycles. The van der Waals surface area contributed by atoms with E-state index in [1.165, 1.54) is 6.92 Å². The lowest BCUT2D eigenvalue weighted by Crippen LogP contribution is -2.05. The topological polar surface area (TPSA) is 90.2 Å². The minimum Gasteiger partial charge on any atom is -0.432 e. The molecule has 7 nitrogen and oxygen atoms in total. The average molecular weight is 353 g/mol. The number of ether oxygens (including phenoxy) is 1. The third kappa shape index (κ3) is 3.27. The number of hydrogen-bond donors (Lipinski definition) is 1. The van der Waals surface area contributed by atoms with E-state index >= 15 is 0 Å². The summed E-state index contributed by atoms with van der Waals surface area (Å²) in [5.41, 5.74) is 1.03. The molecule has 0 amide bonds. The monoisotopic (exact) mass is 352 g/mol. The molecule has 1 aromatic heterocycles. The summed E-state index contributed by atoms with van der Waals surface area (Å²) in [7, 11) is 1.63. The van der Waals surface area contributed by atoms with E-state index < -0.39 is 4.92 Å². The molecule has 0 aliphatic rings. The second-order valence-corrected chi connectivity index (χ2v) is 5.18. The Labute approximate surface area is 129 Å². The highest BCUT2D eigenvalue weighted by Crippen LogP contribution is 2.35. The van der Waals surface area contributed by atoms with E-state index in [2.05, 4.69) is 31.2 Å². The van der Waals surface area contributed by atoms with Crippen LogP contribution in [0.25, 0.3) is 0 Å². The Kier molecular flexibility index (Phi) is 4.37. The van der Waals surface area contributed by atoms with Gasteiger partial charge >= 0.3 is 11.6 Å². The smallest absolute Gasteiger partial charge is 0.352 e. The molecule has 1 heterocycles. The summed E-state index contributed by atoms with van der Waals surface area (Å²) in [6.07, 6.45) is 0. The largest absolute Gasteiger partial charge is 0.432 e. The SMILES string of the molecule is CNc1nc(C)c([N+](=O)[O-])c(Oc2ccc(C)cc2Br)n1. The van der Waals surface area contributed by atoms with Crippen molar-refractivity contribution in [1.29, 1.82) is 0 Å².